The monoisotopic (exact) mass is 393 g/mol. The third kappa shape index (κ3) is 5.89. The number of nitrogens with one attached hydrogen (secondary N) is 1. The van der Waals surface area contributed by atoms with Crippen LogP contribution in [0.3, 0.4) is 0 Å². The third-order valence-corrected chi connectivity index (χ3v) is 4.35. The van der Waals surface area contributed by atoms with E-state index in [1.807, 2.05) is 27.0 Å². The van der Waals surface area contributed by atoms with E-state index in [1.54, 1.807) is 18.3 Å². The van der Waals surface area contributed by atoms with E-state index in [0.29, 0.717) is 41.8 Å². The van der Waals surface area contributed by atoms with E-state index in [-0.39, 0.29) is 11.8 Å². The van der Waals surface area contributed by atoms with Crippen molar-refractivity contribution in [1.29, 1.82) is 0 Å². The van der Waals surface area contributed by atoms with Crippen molar-refractivity contribution in [3.05, 3.63) is 40.9 Å². The summed E-state index contributed by atoms with van der Waals surface area (Å²) in [6, 6.07) is 3.30. The quantitative estimate of drug-likeness (QED) is 0.660. The summed E-state index contributed by atoms with van der Waals surface area (Å²) < 4.78 is 13.4. The number of hydrogen-bond donors (Lipinski definition) is 1. The van der Waals surface area contributed by atoms with Crippen molar-refractivity contribution >= 4 is 17.5 Å². The van der Waals surface area contributed by atoms with Crippen molar-refractivity contribution in [2.24, 2.45) is 5.92 Å². The standard InChI is InChI=1S/C20H28ClN3O3/c1-5-9-27-19-17(21)10-16(11-18(19)26-6-2)20(25)23-12-14(3)13-24-8-7-22-15(24)4/h7-8,10-11,14H,5-6,9,12-13H2,1-4H3,(H,23,25). The second kappa shape index (κ2) is 10.2. The normalized spacial score (nSPS) is 11.9. The van der Waals surface area contributed by atoms with Gasteiger partial charge in [0, 0.05) is 31.0 Å². The number of halogens is 1. The zero-order valence-corrected chi connectivity index (χ0v) is 17.2. The molecule has 2 rings (SSSR count). The van der Waals surface area contributed by atoms with Crippen LogP contribution >= 0.6 is 11.6 Å². The van der Waals surface area contributed by atoms with Gasteiger partial charge < -0.3 is 19.4 Å². The lowest BCUT2D eigenvalue weighted by atomic mass is 10.1. The maximum Gasteiger partial charge on any atom is 0.251 e. The summed E-state index contributed by atoms with van der Waals surface area (Å²) >= 11 is 6.33. The topological polar surface area (TPSA) is 65.4 Å². The number of ether oxygens (including phenoxy) is 2. The number of carbonyl (C=O) groups is 1. The average Bonchev–Trinajstić information content (AvgIpc) is 3.03. The predicted molar refractivity (Wildman–Crippen MR) is 107 cm³/mol. The molecule has 0 aliphatic carbocycles. The molecule has 0 saturated heterocycles. The fourth-order valence-electron chi connectivity index (χ4n) is 2.67. The van der Waals surface area contributed by atoms with Gasteiger partial charge >= 0.3 is 0 Å². The zero-order chi connectivity index (χ0) is 19.8. The molecule has 1 unspecified atom stereocenters. The fourth-order valence-corrected chi connectivity index (χ4v) is 2.94. The lowest BCUT2D eigenvalue weighted by molar-refractivity contribution is 0.0946. The Balaban J connectivity index is 2.03. The number of aromatic nitrogens is 2. The van der Waals surface area contributed by atoms with E-state index in [9.17, 15) is 4.79 Å². The van der Waals surface area contributed by atoms with Crippen LogP contribution in [-0.2, 0) is 6.54 Å². The van der Waals surface area contributed by atoms with E-state index in [0.717, 1.165) is 18.8 Å². The lowest BCUT2D eigenvalue weighted by Crippen LogP contribution is -2.30. The Morgan fingerprint density at radius 1 is 1.33 bits per heavy atom. The summed E-state index contributed by atoms with van der Waals surface area (Å²) in [6.07, 6.45) is 4.58. The molecule has 1 aromatic carbocycles. The Morgan fingerprint density at radius 3 is 2.74 bits per heavy atom. The molecule has 0 radical (unpaired) electrons. The number of rotatable bonds is 10. The minimum atomic E-state index is -0.186. The SMILES string of the molecule is CCCOc1c(Cl)cc(C(=O)NCC(C)Cn2ccnc2C)cc1OCC. The molecule has 0 fully saturated rings. The average molecular weight is 394 g/mol. The van der Waals surface area contributed by atoms with Crippen LogP contribution in [0.4, 0.5) is 0 Å². The van der Waals surface area contributed by atoms with Crippen LogP contribution in [0.2, 0.25) is 5.02 Å². The smallest absolute Gasteiger partial charge is 0.251 e. The van der Waals surface area contributed by atoms with Gasteiger partial charge in [-0.15, -0.1) is 0 Å². The molecule has 1 atom stereocenters. The first-order valence-corrected chi connectivity index (χ1v) is 9.69. The van der Waals surface area contributed by atoms with Gasteiger partial charge in [0.15, 0.2) is 11.5 Å². The first-order valence-electron chi connectivity index (χ1n) is 9.31. The van der Waals surface area contributed by atoms with Gasteiger partial charge in [0.2, 0.25) is 0 Å². The van der Waals surface area contributed by atoms with E-state index in [1.165, 1.54) is 0 Å². The summed E-state index contributed by atoms with van der Waals surface area (Å²) in [5.41, 5.74) is 0.457. The minimum Gasteiger partial charge on any atom is -0.490 e. The largest absolute Gasteiger partial charge is 0.490 e. The van der Waals surface area contributed by atoms with E-state index in [2.05, 4.69) is 21.8 Å². The molecule has 27 heavy (non-hydrogen) atoms. The van der Waals surface area contributed by atoms with Gasteiger partial charge in [0.25, 0.3) is 5.91 Å². The van der Waals surface area contributed by atoms with Crippen molar-refractivity contribution < 1.29 is 14.3 Å². The number of hydrogen-bond acceptors (Lipinski definition) is 4. The molecular formula is C20H28ClN3O3. The Morgan fingerprint density at radius 2 is 2.11 bits per heavy atom. The van der Waals surface area contributed by atoms with Crippen molar-refractivity contribution in [3.8, 4) is 11.5 Å². The maximum absolute atomic E-state index is 12.6. The molecule has 148 valence electrons. The highest BCUT2D eigenvalue weighted by atomic mass is 35.5. The zero-order valence-electron chi connectivity index (χ0n) is 16.4. The van der Waals surface area contributed by atoms with Crippen LogP contribution in [0.5, 0.6) is 11.5 Å². The molecule has 6 nitrogen and oxygen atoms in total. The Kier molecular flexibility index (Phi) is 7.98. The number of amides is 1. The maximum atomic E-state index is 12.6. The van der Waals surface area contributed by atoms with Crippen LogP contribution in [0, 0.1) is 12.8 Å². The van der Waals surface area contributed by atoms with Gasteiger partial charge in [-0.1, -0.05) is 25.4 Å². The minimum absolute atomic E-state index is 0.186. The highest BCUT2D eigenvalue weighted by Crippen LogP contribution is 2.36. The van der Waals surface area contributed by atoms with Crippen LogP contribution in [0.25, 0.3) is 0 Å². The number of aryl methyl sites for hydroxylation is 1. The molecule has 1 heterocycles. The van der Waals surface area contributed by atoms with E-state index < -0.39 is 0 Å². The summed E-state index contributed by atoms with van der Waals surface area (Å²) in [5.74, 6) is 2.01. The van der Waals surface area contributed by atoms with E-state index >= 15 is 0 Å². The highest BCUT2D eigenvalue weighted by Gasteiger charge is 2.17. The van der Waals surface area contributed by atoms with Gasteiger partial charge in [0.05, 0.1) is 18.2 Å². The van der Waals surface area contributed by atoms with Gasteiger partial charge in [-0.3, -0.25) is 4.79 Å². The molecule has 1 N–H and O–H groups in total. The molecule has 0 saturated carbocycles. The van der Waals surface area contributed by atoms with Crippen LogP contribution in [-0.4, -0.2) is 35.2 Å². The van der Waals surface area contributed by atoms with Gasteiger partial charge in [-0.05, 0) is 38.3 Å². The first kappa shape index (κ1) is 21.1. The lowest BCUT2D eigenvalue weighted by Gasteiger charge is -2.16. The summed E-state index contributed by atoms with van der Waals surface area (Å²) in [6.45, 7) is 10.3. The highest BCUT2D eigenvalue weighted by molar-refractivity contribution is 6.32. The molecule has 1 aromatic heterocycles. The first-order chi connectivity index (χ1) is 13.0. The van der Waals surface area contributed by atoms with Crippen molar-refractivity contribution in [2.75, 3.05) is 19.8 Å². The number of benzene rings is 1. The second-order valence-electron chi connectivity index (χ2n) is 6.51. The molecule has 0 aliphatic rings. The Labute approximate surface area is 165 Å². The number of imidazole rings is 1. The molecule has 2 aromatic rings. The molecule has 0 bridgehead atoms. The van der Waals surface area contributed by atoms with Crippen LogP contribution in [0.1, 0.15) is 43.4 Å². The van der Waals surface area contributed by atoms with Crippen LogP contribution < -0.4 is 14.8 Å². The van der Waals surface area contributed by atoms with Gasteiger partial charge in [-0.25, -0.2) is 4.98 Å². The van der Waals surface area contributed by atoms with Gasteiger partial charge in [0.1, 0.15) is 5.82 Å². The molecular weight excluding hydrogens is 366 g/mol. The van der Waals surface area contributed by atoms with E-state index in [4.69, 9.17) is 21.1 Å². The predicted octanol–water partition coefficient (Wildman–Crippen LogP) is 4.10. The molecule has 0 spiro atoms. The Bertz CT molecular complexity index is 761. The fraction of sp³-hybridized carbons (Fsp3) is 0.500. The third-order valence-electron chi connectivity index (χ3n) is 4.07. The summed E-state index contributed by atoms with van der Waals surface area (Å²) in [4.78, 5) is 16.8. The second-order valence-corrected chi connectivity index (χ2v) is 6.92. The molecule has 1 amide bonds. The number of carbonyl (C=O) groups excluding carboxylic acids is 1. The number of nitrogens with zero attached hydrogens (tertiary/aromatic N) is 2. The summed E-state index contributed by atoms with van der Waals surface area (Å²) in [7, 11) is 0. The molecule has 0 aliphatic heterocycles. The molecule has 7 heteroatoms. The van der Waals surface area contributed by atoms with Crippen molar-refractivity contribution in [2.45, 2.75) is 40.7 Å². The summed E-state index contributed by atoms with van der Waals surface area (Å²) in [5, 5.41) is 3.34. The van der Waals surface area contributed by atoms with Crippen molar-refractivity contribution in [3.63, 3.8) is 0 Å². The van der Waals surface area contributed by atoms with Gasteiger partial charge in [-0.2, -0.15) is 0 Å². The Hall–Kier alpha value is -2.21. The van der Waals surface area contributed by atoms with Crippen LogP contribution in [0.15, 0.2) is 24.5 Å². The van der Waals surface area contributed by atoms with Crippen molar-refractivity contribution in [1.82, 2.24) is 14.9 Å².